The molecule has 33 heavy (non-hydrogen) atoms. The zero-order valence-corrected chi connectivity index (χ0v) is 19.2. The maximum Gasteiger partial charge on any atom is 0.410 e. The molecule has 174 valence electrons. The quantitative estimate of drug-likeness (QED) is 0.413. The van der Waals surface area contributed by atoms with Gasteiger partial charge in [-0.15, -0.1) is 11.8 Å². The summed E-state index contributed by atoms with van der Waals surface area (Å²) in [6, 6.07) is 11.2. The Balaban J connectivity index is 1.69. The summed E-state index contributed by atoms with van der Waals surface area (Å²) in [5.74, 6) is -0.143. The number of aromatic nitrogens is 2. The molecule has 2 heterocycles. The van der Waals surface area contributed by atoms with Gasteiger partial charge in [-0.2, -0.15) is 18.3 Å². The lowest BCUT2D eigenvalue weighted by atomic mass is 9.97. The second-order valence-corrected chi connectivity index (χ2v) is 8.60. The number of amides is 1. The fourth-order valence-electron chi connectivity index (χ4n) is 3.72. The molecule has 0 saturated heterocycles. The van der Waals surface area contributed by atoms with E-state index >= 15 is 0 Å². The maximum atomic E-state index is 14.0. The van der Waals surface area contributed by atoms with Crippen molar-refractivity contribution in [3.63, 3.8) is 0 Å². The van der Waals surface area contributed by atoms with Gasteiger partial charge < -0.3 is 15.4 Å². The molecule has 11 heteroatoms. The number of carbonyl (C=O) groups is 1. The minimum atomic E-state index is -4.59. The number of alkyl halides is 3. The van der Waals surface area contributed by atoms with Gasteiger partial charge in [0.1, 0.15) is 16.6 Å². The van der Waals surface area contributed by atoms with Gasteiger partial charge in [-0.25, -0.2) is 4.68 Å². The van der Waals surface area contributed by atoms with Gasteiger partial charge in [-0.1, -0.05) is 35.9 Å². The van der Waals surface area contributed by atoms with Crippen LogP contribution in [-0.2, 0) is 0 Å². The van der Waals surface area contributed by atoms with Gasteiger partial charge in [0.25, 0.3) is 5.91 Å². The van der Waals surface area contributed by atoms with Crippen LogP contribution in [0.1, 0.15) is 34.6 Å². The number of anilines is 2. The number of hydrogen-bond donors (Lipinski definition) is 2. The van der Waals surface area contributed by atoms with Gasteiger partial charge in [0.15, 0.2) is 11.7 Å². The molecule has 0 unspecified atom stereocenters. The molecule has 1 aliphatic rings. The first kappa shape index (κ1) is 23.3. The lowest BCUT2D eigenvalue weighted by Crippen LogP contribution is -2.35. The van der Waals surface area contributed by atoms with Crippen LogP contribution >= 0.6 is 23.4 Å². The van der Waals surface area contributed by atoms with Crippen molar-refractivity contribution in [3.05, 3.63) is 64.8 Å². The molecular formula is C22H20ClF3N4O2S. The van der Waals surface area contributed by atoms with Crippen LogP contribution in [0.15, 0.2) is 53.4 Å². The number of benzene rings is 2. The molecule has 2 N–H and O–H groups in total. The van der Waals surface area contributed by atoms with Crippen molar-refractivity contribution in [2.24, 2.45) is 0 Å². The Kier molecular flexibility index (Phi) is 6.49. The fourth-order valence-corrected chi connectivity index (χ4v) is 4.54. The molecule has 0 bridgehead atoms. The molecule has 0 saturated carbocycles. The summed E-state index contributed by atoms with van der Waals surface area (Å²) in [7, 11) is 1.51. The molecule has 0 fully saturated rings. The van der Waals surface area contributed by atoms with Crippen molar-refractivity contribution in [2.75, 3.05) is 24.0 Å². The van der Waals surface area contributed by atoms with Crippen molar-refractivity contribution in [1.29, 1.82) is 0 Å². The van der Waals surface area contributed by atoms with Gasteiger partial charge in [0.05, 0.1) is 18.8 Å². The molecule has 0 spiro atoms. The number of para-hydroxylation sites is 1. The largest absolute Gasteiger partial charge is 0.497 e. The third-order valence-corrected chi connectivity index (χ3v) is 6.54. The highest BCUT2D eigenvalue weighted by Crippen LogP contribution is 2.46. The van der Waals surface area contributed by atoms with Crippen molar-refractivity contribution >= 4 is 40.8 Å². The van der Waals surface area contributed by atoms with Crippen molar-refractivity contribution in [1.82, 2.24) is 9.78 Å². The average Bonchev–Trinajstić information content (AvgIpc) is 3.14. The highest BCUT2D eigenvalue weighted by molar-refractivity contribution is 7.98. The number of nitrogens with one attached hydrogen (secondary N) is 2. The SMILES string of the molecule is COc1ccc([C@@H]2C[C@H](C(F)(F)F)n3nc(C(=O)Nc4ccccc4SC)c(Cl)c3N2)cc1. The van der Waals surface area contributed by atoms with Gasteiger partial charge in [0, 0.05) is 11.3 Å². The smallest absolute Gasteiger partial charge is 0.410 e. The number of methoxy groups -OCH3 is 1. The van der Waals surface area contributed by atoms with Crippen LogP contribution in [0.4, 0.5) is 24.7 Å². The van der Waals surface area contributed by atoms with Crippen molar-refractivity contribution in [2.45, 2.75) is 29.6 Å². The molecule has 4 rings (SSSR count). The van der Waals surface area contributed by atoms with E-state index in [0.717, 1.165) is 9.58 Å². The first-order chi connectivity index (χ1) is 15.7. The topological polar surface area (TPSA) is 68.2 Å². The van der Waals surface area contributed by atoms with E-state index in [-0.39, 0.29) is 23.0 Å². The van der Waals surface area contributed by atoms with Crippen LogP contribution in [0, 0.1) is 0 Å². The first-order valence-electron chi connectivity index (χ1n) is 9.92. The zero-order valence-electron chi connectivity index (χ0n) is 17.6. The van der Waals surface area contributed by atoms with E-state index in [4.69, 9.17) is 16.3 Å². The van der Waals surface area contributed by atoms with E-state index in [2.05, 4.69) is 15.7 Å². The molecule has 0 aliphatic carbocycles. The maximum absolute atomic E-state index is 14.0. The fraction of sp³-hybridized carbons (Fsp3) is 0.273. The van der Waals surface area contributed by atoms with Crippen LogP contribution in [0.3, 0.4) is 0 Å². The summed E-state index contributed by atoms with van der Waals surface area (Å²) in [5, 5.41) is 9.52. The Morgan fingerprint density at radius 2 is 1.94 bits per heavy atom. The molecule has 3 aromatic rings. The summed E-state index contributed by atoms with van der Waals surface area (Å²) in [6.45, 7) is 0. The van der Waals surface area contributed by atoms with E-state index in [1.165, 1.54) is 18.9 Å². The zero-order chi connectivity index (χ0) is 23.8. The van der Waals surface area contributed by atoms with E-state index in [1.54, 1.807) is 36.4 Å². The number of nitrogens with zero attached hydrogens (tertiary/aromatic N) is 2. The second-order valence-electron chi connectivity index (χ2n) is 7.37. The molecule has 6 nitrogen and oxygen atoms in total. The minimum absolute atomic E-state index is 0.0469. The predicted molar refractivity (Wildman–Crippen MR) is 122 cm³/mol. The van der Waals surface area contributed by atoms with E-state index in [9.17, 15) is 18.0 Å². The normalized spacial score (nSPS) is 17.8. The third-order valence-electron chi connectivity index (χ3n) is 5.38. The van der Waals surface area contributed by atoms with Crippen LogP contribution in [-0.4, -0.2) is 35.2 Å². The number of ether oxygens (including phenoxy) is 1. The summed E-state index contributed by atoms with van der Waals surface area (Å²) >= 11 is 7.82. The average molecular weight is 497 g/mol. The number of halogens is 4. The van der Waals surface area contributed by atoms with Crippen LogP contribution in [0.2, 0.25) is 5.02 Å². The molecule has 1 amide bonds. The van der Waals surface area contributed by atoms with E-state index in [0.29, 0.717) is 17.0 Å². The standard InChI is InChI=1S/C22H20ClF3N4O2S/c1-32-13-9-7-12(8-10-13)15-11-17(22(24,25)26)30-20(27-15)18(23)19(29-30)21(31)28-14-5-3-4-6-16(14)33-2/h3-10,15,17,27H,11H2,1-2H3,(H,28,31)/t15-,17+/m0/s1. The van der Waals surface area contributed by atoms with Gasteiger partial charge in [0.2, 0.25) is 0 Å². The number of thioether (sulfide) groups is 1. The van der Waals surface area contributed by atoms with Crippen molar-refractivity contribution < 1.29 is 22.7 Å². The monoisotopic (exact) mass is 496 g/mol. The summed E-state index contributed by atoms with van der Waals surface area (Å²) in [6.07, 6.45) is -3.04. The van der Waals surface area contributed by atoms with E-state index in [1.807, 2.05) is 18.4 Å². The van der Waals surface area contributed by atoms with Gasteiger partial charge in [-0.05, 0) is 36.1 Å². The summed E-state index contributed by atoms with van der Waals surface area (Å²) in [5.41, 5.74) is 0.877. The predicted octanol–water partition coefficient (Wildman–Crippen LogP) is 6.18. The Morgan fingerprint density at radius 3 is 2.58 bits per heavy atom. The molecule has 1 aromatic heterocycles. The van der Waals surface area contributed by atoms with Crippen LogP contribution in [0.5, 0.6) is 5.75 Å². The number of hydrogen-bond acceptors (Lipinski definition) is 5. The first-order valence-corrected chi connectivity index (χ1v) is 11.5. The Labute approximate surface area is 197 Å². The van der Waals surface area contributed by atoms with E-state index < -0.39 is 24.2 Å². The lowest BCUT2D eigenvalue weighted by molar-refractivity contribution is -0.173. The number of rotatable bonds is 5. The summed E-state index contributed by atoms with van der Waals surface area (Å²) in [4.78, 5) is 13.7. The lowest BCUT2D eigenvalue weighted by Gasteiger charge is -2.33. The Bertz CT molecular complexity index is 1170. The highest BCUT2D eigenvalue weighted by Gasteiger charge is 2.47. The highest BCUT2D eigenvalue weighted by atomic mass is 35.5. The molecule has 2 aromatic carbocycles. The number of carbonyl (C=O) groups excluding carboxylic acids is 1. The molecule has 0 radical (unpaired) electrons. The molecular weight excluding hydrogens is 477 g/mol. The third kappa shape index (κ3) is 4.63. The molecule has 2 atom stereocenters. The van der Waals surface area contributed by atoms with Crippen molar-refractivity contribution in [3.8, 4) is 5.75 Å². The Morgan fingerprint density at radius 1 is 1.24 bits per heavy atom. The van der Waals surface area contributed by atoms with Gasteiger partial charge in [-0.3, -0.25) is 4.79 Å². The van der Waals surface area contributed by atoms with Gasteiger partial charge >= 0.3 is 6.18 Å². The van der Waals surface area contributed by atoms with Crippen LogP contribution in [0.25, 0.3) is 0 Å². The number of fused-ring (bicyclic) bond motifs is 1. The summed E-state index contributed by atoms with van der Waals surface area (Å²) < 4.78 is 47.8. The molecule has 1 aliphatic heterocycles. The van der Waals surface area contributed by atoms with Crippen LogP contribution < -0.4 is 15.4 Å². The minimum Gasteiger partial charge on any atom is -0.497 e. The Hall–Kier alpha value is -2.85. The second kappa shape index (κ2) is 9.18.